The average Bonchev–Trinajstić information content (AvgIpc) is 2.63. The Kier molecular flexibility index (Phi) is 3.62. The lowest BCUT2D eigenvalue weighted by atomic mass is 10.2. The van der Waals surface area contributed by atoms with E-state index in [0.29, 0.717) is 11.5 Å². The lowest BCUT2D eigenvalue weighted by Gasteiger charge is -2.24. The number of hydrogen-bond donors (Lipinski definition) is 1. The van der Waals surface area contributed by atoms with Crippen molar-refractivity contribution in [1.82, 2.24) is 4.90 Å². The molecule has 1 fully saturated rings. The van der Waals surface area contributed by atoms with Crippen LogP contribution in [0.5, 0.6) is 0 Å². The van der Waals surface area contributed by atoms with E-state index < -0.39 is 0 Å². The van der Waals surface area contributed by atoms with E-state index >= 15 is 0 Å². The zero-order valence-corrected chi connectivity index (χ0v) is 8.47. The molecule has 1 saturated heterocycles. The number of esters is 1. The van der Waals surface area contributed by atoms with Gasteiger partial charge in [-0.15, -0.1) is 0 Å². The van der Waals surface area contributed by atoms with Gasteiger partial charge in [0, 0.05) is 13.1 Å². The first-order valence-corrected chi connectivity index (χ1v) is 4.69. The van der Waals surface area contributed by atoms with E-state index in [-0.39, 0.29) is 12.0 Å². The first kappa shape index (κ1) is 10.4. The Morgan fingerprint density at radius 1 is 1.77 bits per heavy atom. The van der Waals surface area contributed by atoms with Gasteiger partial charge in [0.05, 0.1) is 12.1 Å². The number of ether oxygens (including phenoxy) is 1. The molecular weight excluding hydrogens is 188 g/mol. The quantitative estimate of drug-likeness (QED) is 0.501. The highest BCUT2D eigenvalue weighted by Gasteiger charge is 2.32. The average molecular weight is 202 g/mol. The van der Waals surface area contributed by atoms with E-state index in [0.717, 1.165) is 19.4 Å². The van der Waals surface area contributed by atoms with Crippen molar-refractivity contribution < 1.29 is 9.53 Å². The minimum absolute atomic E-state index is 0.207. The monoisotopic (exact) mass is 202 g/mol. The second-order valence-corrected chi connectivity index (χ2v) is 3.44. The van der Waals surface area contributed by atoms with E-state index in [2.05, 4.69) is 4.74 Å². The van der Waals surface area contributed by atoms with Gasteiger partial charge in [0.2, 0.25) is 0 Å². The molecule has 0 radical (unpaired) electrons. The summed E-state index contributed by atoms with van der Waals surface area (Å²) in [6.07, 6.45) is 1.78. The van der Waals surface area contributed by atoms with Crippen LogP contribution in [0.3, 0.4) is 0 Å². The van der Waals surface area contributed by atoms with Crippen molar-refractivity contribution in [3.8, 4) is 0 Å². The van der Waals surface area contributed by atoms with E-state index in [9.17, 15) is 4.79 Å². The molecule has 1 unspecified atom stereocenters. The van der Waals surface area contributed by atoms with Crippen molar-refractivity contribution in [3.05, 3.63) is 0 Å². The highest BCUT2D eigenvalue weighted by Crippen LogP contribution is 2.18. The Bertz CT molecular complexity index is 198. The number of rotatable bonds is 2. The first-order valence-electron chi connectivity index (χ1n) is 4.28. The molecule has 1 aliphatic heterocycles. The lowest BCUT2D eigenvalue weighted by molar-refractivity contribution is -0.144. The molecule has 1 rings (SSSR count). The summed E-state index contributed by atoms with van der Waals surface area (Å²) >= 11 is 5.05. The topological polar surface area (TPSA) is 55.6 Å². The summed E-state index contributed by atoms with van der Waals surface area (Å²) in [6, 6.07) is -0.207. The molecule has 1 aliphatic rings. The number of carbonyl (C=O) groups is 1. The second-order valence-electron chi connectivity index (χ2n) is 2.97. The summed E-state index contributed by atoms with van der Waals surface area (Å²) in [5, 5.41) is 0. The number of likely N-dealkylation sites (tertiary alicyclic amines) is 1. The maximum Gasteiger partial charge on any atom is 0.328 e. The molecule has 0 bridgehead atoms. The molecule has 0 amide bonds. The van der Waals surface area contributed by atoms with Gasteiger partial charge >= 0.3 is 5.97 Å². The van der Waals surface area contributed by atoms with E-state index in [1.807, 2.05) is 4.90 Å². The van der Waals surface area contributed by atoms with Crippen LogP contribution in [0.25, 0.3) is 0 Å². The molecule has 0 spiro atoms. The van der Waals surface area contributed by atoms with E-state index in [1.54, 1.807) is 0 Å². The largest absolute Gasteiger partial charge is 0.467 e. The highest BCUT2D eigenvalue weighted by molar-refractivity contribution is 7.80. The van der Waals surface area contributed by atoms with E-state index in [4.69, 9.17) is 18.0 Å². The van der Waals surface area contributed by atoms with Crippen molar-refractivity contribution >= 4 is 23.2 Å². The molecule has 4 nitrogen and oxygen atoms in total. The maximum atomic E-state index is 11.3. The van der Waals surface area contributed by atoms with Crippen LogP contribution in [0, 0.1) is 0 Å². The predicted molar refractivity (Wildman–Crippen MR) is 53.4 cm³/mol. The van der Waals surface area contributed by atoms with Gasteiger partial charge in [-0.25, -0.2) is 4.79 Å². The van der Waals surface area contributed by atoms with Crippen LogP contribution in [0.15, 0.2) is 0 Å². The molecule has 0 aromatic carbocycles. The zero-order valence-electron chi connectivity index (χ0n) is 7.66. The van der Waals surface area contributed by atoms with Crippen LogP contribution < -0.4 is 5.73 Å². The first-order chi connectivity index (χ1) is 6.20. The Morgan fingerprint density at radius 3 is 3.00 bits per heavy atom. The second kappa shape index (κ2) is 4.53. The third-order valence-electron chi connectivity index (χ3n) is 2.22. The summed E-state index contributed by atoms with van der Waals surface area (Å²) in [4.78, 5) is 13.8. The molecule has 1 heterocycles. The van der Waals surface area contributed by atoms with Gasteiger partial charge < -0.3 is 15.4 Å². The number of hydrogen-bond acceptors (Lipinski definition) is 4. The molecule has 5 heteroatoms. The number of carbonyl (C=O) groups excluding carboxylic acids is 1. The Morgan fingerprint density at radius 2 is 2.46 bits per heavy atom. The predicted octanol–water partition coefficient (Wildman–Crippen LogP) is -0.0901. The Balaban J connectivity index is 2.63. The van der Waals surface area contributed by atoms with Crippen LogP contribution >= 0.6 is 12.2 Å². The third kappa shape index (κ3) is 2.16. The fourth-order valence-corrected chi connectivity index (χ4v) is 1.78. The number of methoxy groups -OCH3 is 1. The lowest BCUT2D eigenvalue weighted by Crippen LogP contribution is -2.42. The van der Waals surface area contributed by atoms with Crippen molar-refractivity contribution in [2.45, 2.75) is 18.9 Å². The standard InChI is InChI=1S/C8H14N2O2S/c1-12-8(11)6-3-2-4-10(6)7(13)5-9/h6H,2-5,9H2,1H3. The molecule has 2 N–H and O–H groups in total. The van der Waals surface area contributed by atoms with Gasteiger partial charge in [0.15, 0.2) is 0 Å². The van der Waals surface area contributed by atoms with Crippen molar-refractivity contribution in [2.24, 2.45) is 5.73 Å². The highest BCUT2D eigenvalue weighted by atomic mass is 32.1. The summed E-state index contributed by atoms with van der Waals surface area (Å²) < 4.78 is 4.68. The Hall–Kier alpha value is -0.680. The zero-order chi connectivity index (χ0) is 9.84. The van der Waals surface area contributed by atoms with Crippen LogP contribution in [0.2, 0.25) is 0 Å². The summed E-state index contributed by atoms with van der Waals surface area (Å²) in [6.45, 7) is 1.14. The fourth-order valence-electron chi connectivity index (χ4n) is 1.56. The van der Waals surface area contributed by atoms with Crippen LogP contribution in [0.4, 0.5) is 0 Å². The van der Waals surface area contributed by atoms with Crippen LogP contribution in [-0.4, -0.2) is 42.1 Å². The van der Waals surface area contributed by atoms with Gasteiger partial charge in [-0.2, -0.15) is 0 Å². The van der Waals surface area contributed by atoms with Gasteiger partial charge in [0.1, 0.15) is 6.04 Å². The van der Waals surface area contributed by atoms with Gasteiger partial charge in [-0.05, 0) is 12.8 Å². The Labute approximate surface area is 83.0 Å². The number of nitrogens with zero attached hydrogens (tertiary/aromatic N) is 1. The smallest absolute Gasteiger partial charge is 0.328 e. The molecule has 1 atom stereocenters. The number of thiocarbonyl (C=S) groups is 1. The van der Waals surface area contributed by atoms with Gasteiger partial charge in [0.25, 0.3) is 0 Å². The minimum Gasteiger partial charge on any atom is -0.467 e. The van der Waals surface area contributed by atoms with Crippen LogP contribution in [-0.2, 0) is 9.53 Å². The van der Waals surface area contributed by atoms with Crippen LogP contribution in [0.1, 0.15) is 12.8 Å². The number of nitrogens with two attached hydrogens (primary N) is 1. The molecule has 0 saturated carbocycles. The van der Waals surface area contributed by atoms with Gasteiger partial charge in [-0.3, -0.25) is 0 Å². The van der Waals surface area contributed by atoms with E-state index in [1.165, 1.54) is 7.11 Å². The molecule has 13 heavy (non-hydrogen) atoms. The minimum atomic E-state index is -0.215. The molecular formula is C8H14N2O2S. The fraction of sp³-hybridized carbons (Fsp3) is 0.750. The molecule has 0 aliphatic carbocycles. The maximum absolute atomic E-state index is 11.3. The van der Waals surface area contributed by atoms with Crippen molar-refractivity contribution in [1.29, 1.82) is 0 Å². The summed E-state index contributed by atoms with van der Waals surface area (Å²) in [5.41, 5.74) is 5.42. The van der Waals surface area contributed by atoms with Crippen molar-refractivity contribution in [3.63, 3.8) is 0 Å². The summed E-state index contributed by atoms with van der Waals surface area (Å²) in [5.74, 6) is -0.215. The van der Waals surface area contributed by atoms with Crippen molar-refractivity contribution in [2.75, 3.05) is 20.2 Å². The molecule has 74 valence electrons. The van der Waals surface area contributed by atoms with Gasteiger partial charge in [-0.1, -0.05) is 12.2 Å². The molecule has 0 aromatic heterocycles. The third-order valence-corrected chi connectivity index (χ3v) is 2.62. The summed E-state index contributed by atoms with van der Waals surface area (Å²) in [7, 11) is 1.39. The SMILES string of the molecule is COC(=O)C1CCCN1C(=S)CN. The normalized spacial score (nSPS) is 21.7. The molecule has 0 aromatic rings.